The Morgan fingerprint density at radius 3 is 2.81 bits per heavy atom. The van der Waals surface area contributed by atoms with Crippen molar-refractivity contribution in [2.24, 2.45) is 0 Å². The summed E-state index contributed by atoms with van der Waals surface area (Å²) < 4.78 is 10.5. The van der Waals surface area contributed by atoms with Crippen molar-refractivity contribution in [1.29, 1.82) is 0 Å². The highest BCUT2D eigenvalue weighted by molar-refractivity contribution is 5.98. The molecule has 1 aliphatic heterocycles. The van der Waals surface area contributed by atoms with Crippen LogP contribution in [0.1, 0.15) is 26.4 Å². The number of methoxy groups -OCH3 is 1. The molecule has 0 bridgehead atoms. The first-order valence-corrected chi connectivity index (χ1v) is 8.91. The van der Waals surface area contributed by atoms with Gasteiger partial charge in [0.1, 0.15) is 11.4 Å². The molecule has 1 aromatic carbocycles. The lowest BCUT2D eigenvalue weighted by atomic mass is 10.1. The molecule has 0 aliphatic carbocycles. The highest BCUT2D eigenvalue weighted by Crippen LogP contribution is 2.13. The minimum absolute atomic E-state index is 0.105. The van der Waals surface area contributed by atoms with Gasteiger partial charge in [0.05, 0.1) is 20.3 Å². The van der Waals surface area contributed by atoms with Gasteiger partial charge in [-0.25, -0.2) is 0 Å². The molecule has 2 amide bonds. The topological polar surface area (TPSA) is 80.8 Å². The molecular formula is C20H23N3O4. The van der Waals surface area contributed by atoms with Crippen LogP contribution in [0.4, 0.5) is 0 Å². The third-order valence-electron chi connectivity index (χ3n) is 4.37. The van der Waals surface area contributed by atoms with Gasteiger partial charge in [-0.05, 0) is 36.2 Å². The van der Waals surface area contributed by atoms with Gasteiger partial charge in [-0.1, -0.05) is 12.1 Å². The maximum atomic E-state index is 12.5. The number of hydrogen-bond donors (Lipinski definition) is 1. The summed E-state index contributed by atoms with van der Waals surface area (Å²) in [6.07, 6.45) is 2.17. The van der Waals surface area contributed by atoms with E-state index in [1.54, 1.807) is 24.1 Å². The van der Waals surface area contributed by atoms with Crippen molar-refractivity contribution >= 4 is 11.8 Å². The van der Waals surface area contributed by atoms with Crippen LogP contribution in [0.25, 0.3) is 0 Å². The number of hydrogen-bond acceptors (Lipinski definition) is 5. The molecule has 7 heteroatoms. The molecule has 27 heavy (non-hydrogen) atoms. The van der Waals surface area contributed by atoms with Gasteiger partial charge in [-0.15, -0.1) is 0 Å². The molecule has 0 saturated carbocycles. The van der Waals surface area contributed by atoms with Crippen molar-refractivity contribution in [3.05, 3.63) is 59.4 Å². The summed E-state index contributed by atoms with van der Waals surface area (Å²) in [5.74, 6) is 0.385. The molecule has 0 unspecified atom stereocenters. The first-order valence-electron chi connectivity index (χ1n) is 8.91. The van der Waals surface area contributed by atoms with Crippen LogP contribution in [0, 0.1) is 0 Å². The number of morpholine rings is 1. The smallest absolute Gasteiger partial charge is 0.269 e. The second-order valence-corrected chi connectivity index (χ2v) is 6.19. The van der Waals surface area contributed by atoms with Crippen LogP contribution in [0.2, 0.25) is 0 Å². The van der Waals surface area contributed by atoms with E-state index in [4.69, 9.17) is 9.47 Å². The lowest BCUT2D eigenvalue weighted by Crippen LogP contribution is -2.40. The van der Waals surface area contributed by atoms with E-state index in [0.29, 0.717) is 44.8 Å². The van der Waals surface area contributed by atoms with Gasteiger partial charge >= 0.3 is 0 Å². The van der Waals surface area contributed by atoms with Gasteiger partial charge in [-0.2, -0.15) is 0 Å². The van der Waals surface area contributed by atoms with Gasteiger partial charge in [0.15, 0.2) is 0 Å². The van der Waals surface area contributed by atoms with E-state index >= 15 is 0 Å². The molecule has 2 heterocycles. The Morgan fingerprint density at radius 1 is 1.22 bits per heavy atom. The molecule has 3 rings (SSSR count). The van der Waals surface area contributed by atoms with Gasteiger partial charge in [-0.3, -0.25) is 14.6 Å². The zero-order chi connectivity index (χ0) is 19.1. The van der Waals surface area contributed by atoms with E-state index in [1.165, 1.54) is 6.20 Å². The Hall–Kier alpha value is -2.93. The summed E-state index contributed by atoms with van der Waals surface area (Å²) in [7, 11) is 1.62. The number of nitrogens with zero attached hydrogens (tertiary/aromatic N) is 2. The van der Waals surface area contributed by atoms with Crippen molar-refractivity contribution in [3.8, 4) is 5.75 Å². The van der Waals surface area contributed by atoms with Crippen molar-refractivity contribution in [1.82, 2.24) is 15.2 Å². The Labute approximate surface area is 158 Å². The molecular weight excluding hydrogens is 346 g/mol. The Kier molecular flexibility index (Phi) is 6.38. The van der Waals surface area contributed by atoms with E-state index in [1.807, 2.05) is 24.3 Å². The molecule has 1 fully saturated rings. The lowest BCUT2D eigenvalue weighted by molar-refractivity contribution is 0.0303. The quantitative estimate of drug-likeness (QED) is 0.835. The molecule has 0 atom stereocenters. The summed E-state index contributed by atoms with van der Waals surface area (Å²) >= 11 is 0. The second kappa shape index (κ2) is 9.14. The maximum Gasteiger partial charge on any atom is 0.269 e. The highest BCUT2D eigenvalue weighted by Gasteiger charge is 2.19. The second-order valence-electron chi connectivity index (χ2n) is 6.19. The Balaban J connectivity index is 1.57. The number of rotatable bonds is 6. The SMILES string of the molecule is COc1cccc(CCNC(=O)c2cc(C(=O)N3CCOCC3)ccn2)c1. The fraction of sp³-hybridized carbons (Fsp3) is 0.350. The van der Waals surface area contributed by atoms with Crippen LogP contribution in [0.15, 0.2) is 42.6 Å². The maximum absolute atomic E-state index is 12.5. The Morgan fingerprint density at radius 2 is 2.04 bits per heavy atom. The van der Waals surface area contributed by atoms with E-state index < -0.39 is 0 Å². The van der Waals surface area contributed by atoms with Gasteiger partial charge < -0.3 is 19.7 Å². The minimum Gasteiger partial charge on any atom is -0.497 e. The largest absolute Gasteiger partial charge is 0.497 e. The number of carbonyl (C=O) groups excluding carboxylic acids is 2. The van der Waals surface area contributed by atoms with Gasteiger partial charge in [0, 0.05) is 31.4 Å². The third kappa shape index (κ3) is 5.04. The zero-order valence-electron chi connectivity index (χ0n) is 15.3. The summed E-state index contributed by atoms with van der Waals surface area (Å²) in [5, 5.41) is 2.84. The molecule has 2 aromatic rings. The Bertz CT molecular complexity index is 803. The van der Waals surface area contributed by atoms with Crippen LogP contribution in [-0.2, 0) is 11.2 Å². The van der Waals surface area contributed by atoms with Crippen molar-refractivity contribution < 1.29 is 19.1 Å². The van der Waals surface area contributed by atoms with Crippen molar-refractivity contribution in [2.45, 2.75) is 6.42 Å². The molecule has 1 aromatic heterocycles. The average molecular weight is 369 g/mol. The molecule has 1 aliphatic rings. The monoisotopic (exact) mass is 369 g/mol. The molecule has 0 radical (unpaired) electrons. The average Bonchev–Trinajstić information content (AvgIpc) is 2.74. The number of pyridine rings is 1. The number of carbonyl (C=O) groups is 2. The van der Waals surface area contributed by atoms with Crippen molar-refractivity contribution in [3.63, 3.8) is 0 Å². The molecule has 0 spiro atoms. The summed E-state index contributed by atoms with van der Waals surface area (Å²) in [4.78, 5) is 30.7. The van der Waals surface area contributed by atoms with Crippen LogP contribution in [-0.4, -0.2) is 61.7 Å². The fourth-order valence-electron chi connectivity index (χ4n) is 2.88. The first-order chi connectivity index (χ1) is 13.2. The van der Waals surface area contributed by atoms with E-state index in [9.17, 15) is 9.59 Å². The minimum atomic E-state index is -0.297. The van der Waals surface area contributed by atoms with Crippen LogP contribution < -0.4 is 10.1 Å². The van der Waals surface area contributed by atoms with E-state index in [-0.39, 0.29) is 17.5 Å². The number of aromatic nitrogens is 1. The summed E-state index contributed by atoms with van der Waals surface area (Å²) in [5.41, 5.74) is 1.77. The van der Waals surface area contributed by atoms with Crippen LogP contribution in [0.3, 0.4) is 0 Å². The standard InChI is InChI=1S/C20H23N3O4/c1-26-17-4-2-3-15(13-17)5-7-22-19(24)18-14-16(6-8-21-18)20(25)23-9-11-27-12-10-23/h2-4,6,8,13-14H,5,7,9-12H2,1H3,(H,22,24). The zero-order valence-corrected chi connectivity index (χ0v) is 15.3. The van der Waals surface area contributed by atoms with Crippen LogP contribution in [0.5, 0.6) is 5.75 Å². The normalized spacial score (nSPS) is 13.9. The predicted molar refractivity (Wildman–Crippen MR) is 100.0 cm³/mol. The summed E-state index contributed by atoms with van der Waals surface area (Å²) in [6, 6.07) is 10.9. The fourth-order valence-corrected chi connectivity index (χ4v) is 2.88. The lowest BCUT2D eigenvalue weighted by Gasteiger charge is -2.26. The number of ether oxygens (including phenoxy) is 2. The van der Waals surface area contributed by atoms with Gasteiger partial charge in [0.25, 0.3) is 11.8 Å². The molecule has 1 N–H and O–H groups in total. The predicted octanol–water partition coefficient (Wildman–Crippen LogP) is 1.54. The van der Waals surface area contributed by atoms with Gasteiger partial charge in [0.2, 0.25) is 0 Å². The van der Waals surface area contributed by atoms with Crippen LogP contribution >= 0.6 is 0 Å². The molecule has 142 valence electrons. The first kappa shape index (κ1) is 18.8. The number of amides is 2. The number of benzene rings is 1. The molecule has 7 nitrogen and oxygen atoms in total. The third-order valence-corrected chi connectivity index (χ3v) is 4.37. The number of nitrogens with one attached hydrogen (secondary N) is 1. The van der Waals surface area contributed by atoms with Crippen molar-refractivity contribution in [2.75, 3.05) is 40.0 Å². The van der Waals surface area contributed by atoms with E-state index in [0.717, 1.165) is 11.3 Å². The molecule has 1 saturated heterocycles. The highest BCUT2D eigenvalue weighted by atomic mass is 16.5. The summed E-state index contributed by atoms with van der Waals surface area (Å²) in [6.45, 7) is 2.66. The van der Waals surface area contributed by atoms with E-state index in [2.05, 4.69) is 10.3 Å².